The lowest BCUT2D eigenvalue weighted by molar-refractivity contribution is 0.0936. The quantitative estimate of drug-likeness (QED) is 0.889. The monoisotopic (exact) mass is 348 g/mol. The van der Waals surface area contributed by atoms with Gasteiger partial charge in [-0.05, 0) is 56.4 Å². The van der Waals surface area contributed by atoms with Crippen LogP contribution in [-0.2, 0) is 0 Å². The highest BCUT2D eigenvalue weighted by molar-refractivity contribution is 6.04. The number of hydrogen-bond donors (Lipinski definition) is 2. The topological polar surface area (TPSA) is 80.4 Å². The minimum Gasteiger partial charge on any atom is -0.404 e. The standard InChI is InChI=1S/C21H24N4O/c1-14-10-11-20(23-13-14)21(26)25-19-9-5-8-18(16(19)12-22)24-17-7-4-3-6-15(17)2/h3-4,6-7,10-13,19H,5,8-9,22H2,1-2H3,(H,25,26)/t19-/m1/s1. The molecule has 1 heterocycles. The van der Waals surface area contributed by atoms with E-state index in [0.29, 0.717) is 5.69 Å². The SMILES string of the molecule is Cc1ccc(C(=O)N[C@@H]2CCCC(=Nc3ccccc3C)C2=CN)nc1. The van der Waals surface area contributed by atoms with Crippen molar-refractivity contribution in [3.05, 3.63) is 71.2 Å². The second-order valence-electron chi connectivity index (χ2n) is 6.61. The third-order valence-electron chi connectivity index (χ3n) is 4.61. The Bertz CT molecular complexity index is 853. The van der Waals surface area contributed by atoms with Crippen molar-refractivity contribution < 1.29 is 4.79 Å². The summed E-state index contributed by atoms with van der Waals surface area (Å²) in [5.41, 5.74) is 11.2. The molecule has 1 fully saturated rings. The van der Waals surface area contributed by atoms with Crippen molar-refractivity contribution >= 4 is 17.3 Å². The number of para-hydroxylation sites is 1. The van der Waals surface area contributed by atoms with Gasteiger partial charge in [0.15, 0.2) is 0 Å². The zero-order valence-electron chi connectivity index (χ0n) is 15.2. The molecular weight excluding hydrogens is 324 g/mol. The Morgan fingerprint density at radius 2 is 2.08 bits per heavy atom. The van der Waals surface area contributed by atoms with Crippen LogP contribution in [0, 0.1) is 13.8 Å². The molecule has 3 rings (SSSR count). The van der Waals surface area contributed by atoms with E-state index >= 15 is 0 Å². The molecular formula is C21H24N4O. The molecule has 0 spiro atoms. The van der Waals surface area contributed by atoms with Crippen LogP contribution in [0.15, 0.2) is 59.4 Å². The predicted molar refractivity (Wildman–Crippen MR) is 105 cm³/mol. The minimum absolute atomic E-state index is 0.146. The molecule has 5 heteroatoms. The van der Waals surface area contributed by atoms with Gasteiger partial charge in [0.05, 0.1) is 11.7 Å². The molecule has 1 aromatic carbocycles. The van der Waals surface area contributed by atoms with Crippen LogP contribution >= 0.6 is 0 Å². The van der Waals surface area contributed by atoms with Gasteiger partial charge in [0.25, 0.3) is 5.91 Å². The summed E-state index contributed by atoms with van der Waals surface area (Å²) in [4.78, 5) is 21.5. The number of amides is 1. The Morgan fingerprint density at radius 3 is 2.77 bits per heavy atom. The number of nitrogens with one attached hydrogen (secondary N) is 1. The highest BCUT2D eigenvalue weighted by atomic mass is 16.1. The van der Waals surface area contributed by atoms with Crippen LogP contribution in [0.4, 0.5) is 5.69 Å². The number of nitrogens with zero attached hydrogens (tertiary/aromatic N) is 2. The number of hydrogen-bond acceptors (Lipinski definition) is 4. The lowest BCUT2D eigenvalue weighted by Crippen LogP contribution is -2.41. The Kier molecular flexibility index (Phi) is 5.46. The van der Waals surface area contributed by atoms with E-state index in [1.165, 1.54) is 0 Å². The van der Waals surface area contributed by atoms with Crippen molar-refractivity contribution in [2.75, 3.05) is 0 Å². The predicted octanol–water partition coefficient (Wildman–Crippen LogP) is 3.60. The molecule has 1 aromatic heterocycles. The Balaban J connectivity index is 1.81. The number of aromatic nitrogens is 1. The molecule has 1 saturated carbocycles. The van der Waals surface area contributed by atoms with E-state index in [4.69, 9.17) is 10.7 Å². The maximum Gasteiger partial charge on any atom is 0.270 e. The third kappa shape index (κ3) is 3.99. The van der Waals surface area contributed by atoms with Crippen LogP contribution in [0.3, 0.4) is 0 Å². The molecule has 3 N–H and O–H groups in total. The fourth-order valence-electron chi connectivity index (χ4n) is 3.13. The summed E-state index contributed by atoms with van der Waals surface area (Å²) < 4.78 is 0. The largest absolute Gasteiger partial charge is 0.404 e. The van der Waals surface area contributed by atoms with Crippen molar-refractivity contribution in [3.63, 3.8) is 0 Å². The summed E-state index contributed by atoms with van der Waals surface area (Å²) in [7, 11) is 0. The molecule has 0 unspecified atom stereocenters. The van der Waals surface area contributed by atoms with E-state index < -0.39 is 0 Å². The molecule has 1 atom stereocenters. The molecule has 5 nitrogen and oxygen atoms in total. The summed E-state index contributed by atoms with van der Waals surface area (Å²) in [6, 6.07) is 11.5. The molecule has 0 bridgehead atoms. The van der Waals surface area contributed by atoms with Crippen LogP contribution in [-0.4, -0.2) is 22.6 Å². The summed E-state index contributed by atoms with van der Waals surface area (Å²) in [6.07, 6.45) is 5.92. The third-order valence-corrected chi connectivity index (χ3v) is 4.61. The highest BCUT2D eigenvalue weighted by Gasteiger charge is 2.26. The van der Waals surface area contributed by atoms with Gasteiger partial charge in [0.1, 0.15) is 5.69 Å². The van der Waals surface area contributed by atoms with Crippen LogP contribution in [0.25, 0.3) is 0 Å². The van der Waals surface area contributed by atoms with Gasteiger partial charge >= 0.3 is 0 Å². The number of rotatable bonds is 3. The van der Waals surface area contributed by atoms with E-state index in [0.717, 1.165) is 47.4 Å². The van der Waals surface area contributed by atoms with E-state index in [1.807, 2.05) is 44.2 Å². The average Bonchev–Trinajstić information content (AvgIpc) is 2.64. The first-order valence-corrected chi connectivity index (χ1v) is 8.87. The molecule has 2 aromatic rings. The molecule has 0 aliphatic heterocycles. The maximum atomic E-state index is 12.5. The van der Waals surface area contributed by atoms with Gasteiger partial charge < -0.3 is 11.1 Å². The van der Waals surface area contributed by atoms with Crippen LogP contribution in [0.1, 0.15) is 40.9 Å². The lowest BCUT2D eigenvalue weighted by Gasteiger charge is -2.27. The van der Waals surface area contributed by atoms with Gasteiger partial charge in [0.2, 0.25) is 0 Å². The summed E-state index contributed by atoms with van der Waals surface area (Å²) in [5.74, 6) is -0.188. The van der Waals surface area contributed by atoms with Gasteiger partial charge in [-0.3, -0.25) is 14.8 Å². The van der Waals surface area contributed by atoms with Crippen molar-refractivity contribution in [1.29, 1.82) is 0 Å². The molecule has 0 saturated heterocycles. The van der Waals surface area contributed by atoms with E-state index in [2.05, 4.69) is 10.3 Å². The van der Waals surface area contributed by atoms with Crippen molar-refractivity contribution in [2.45, 2.75) is 39.2 Å². The van der Waals surface area contributed by atoms with Gasteiger partial charge in [-0.25, -0.2) is 0 Å². The minimum atomic E-state index is -0.188. The number of nitrogens with two attached hydrogens (primary N) is 1. The fourth-order valence-corrected chi connectivity index (χ4v) is 3.13. The fraction of sp³-hybridized carbons (Fsp3) is 0.286. The number of carbonyl (C=O) groups excluding carboxylic acids is 1. The van der Waals surface area contributed by atoms with Crippen LogP contribution in [0.2, 0.25) is 0 Å². The zero-order valence-corrected chi connectivity index (χ0v) is 15.2. The number of pyridine rings is 1. The Hall–Kier alpha value is -2.95. The lowest BCUT2D eigenvalue weighted by atomic mass is 9.88. The first-order valence-electron chi connectivity index (χ1n) is 8.87. The van der Waals surface area contributed by atoms with Crippen LogP contribution in [0.5, 0.6) is 0 Å². The smallest absolute Gasteiger partial charge is 0.270 e. The Morgan fingerprint density at radius 1 is 1.27 bits per heavy atom. The van der Waals surface area contributed by atoms with Crippen LogP contribution < -0.4 is 11.1 Å². The Labute approximate surface area is 154 Å². The normalized spacial score (nSPS) is 20.3. The summed E-state index contributed by atoms with van der Waals surface area (Å²) in [5, 5.41) is 3.06. The van der Waals surface area contributed by atoms with Gasteiger partial charge in [-0.1, -0.05) is 24.3 Å². The van der Waals surface area contributed by atoms with Gasteiger partial charge in [-0.2, -0.15) is 0 Å². The number of aryl methyl sites for hydroxylation is 2. The molecule has 26 heavy (non-hydrogen) atoms. The van der Waals surface area contributed by atoms with E-state index in [9.17, 15) is 4.79 Å². The first kappa shape index (κ1) is 17.9. The van der Waals surface area contributed by atoms with Gasteiger partial charge in [0, 0.05) is 23.7 Å². The second kappa shape index (κ2) is 7.95. The van der Waals surface area contributed by atoms with E-state index in [-0.39, 0.29) is 11.9 Å². The number of benzene rings is 1. The molecule has 1 aliphatic rings. The van der Waals surface area contributed by atoms with Gasteiger partial charge in [-0.15, -0.1) is 0 Å². The van der Waals surface area contributed by atoms with Crippen molar-refractivity contribution in [1.82, 2.24) is 10.3 Å². The zero-order chi connectivity index (χ0) is 18.5. The number of aliphatic imine (C=N–C) groups is 1. The number of carbonyl (C=O) groups is 1. The molecule has 1 aliphatic carbocycles. The summed E-state index contributed by atoms with van der Waals surface area (Å²) in [6.45, 7) is 3.98. The first-order chi connectivity index (χ1) is 12.6. The molecule has 1 amide bonds. The summed E-state index contributed by atoms with van der Waals surface area (Å²) >= 11 is 0. The van der Waals surface area contributed by atoms with Crippen molar-refractivity contribution in [3.8, 4) is 0 Å². The van der Waals surface area contributed by atoms with Crippen molar-refractivity contribution in [2.24, 2.45) is 10.7 Å². The highest BCUT2D eigenvalue weighted by Crippen LogP contribution is 2.26. The average molecular weight is 348 g/mol. The second-order valence-corrected chi connectivity index (χ2v) is 6.61. The maximum absolute atomic E-state index is 12.5. The van der Waals surface area contributed by atoms with E-state index in [1.54, 1.807) is 18.5 Å². The molecule has 134 valence electrons. The molecule has 0 radical (unpaired) electrons.